The SMILES string of the molecule is CCC(C)(C#N)CCC(=O)O. The predicted molar refractivity (Wildman–Crippen MR) is 40.9 cm³/mol. The highest BCUT2D eigenvalue weighted by atomic mass is 16.4. The summed E-state index contributed by atoms with van der Waals surface area (Å²) in [4.78, 5) is 10.2. The van der Waals surface area contributed by atoms with Gasteiger partial charge in [0, 0.05) is 6.42 Å². The highest BCUT2D eigenvalue weighted by Crippen LogP contribution is 2.25. The van der Waals surface area contributed by atoms with Crippen molar-refractivity contribution in [1.29, 1.82) is 5.26 Å². The fourth-order valence-electron chi connectivity index (χ4n) is 0.695. The molecule has 1 atom stereocenters. The Morgan fingerprint density at radius 1 is 1.73 bits per heavy atom. The Morgan fingerprint density at radius 2 is 2.27 bits per heavy atom. The molecule has 0 amide bonds. The molecule has 0 bridgehead atoms. The molecule has 0 saturated carbocycles. The van der Waals surface area contributed by atoms with Gasteiger partial charge in [0.15, 0.2) is 0 Å². The number of carbonyl (C=O) groups is 1. The molecule has 1 unspecified atom stereocenters. The van der Waals surface area contributed by atoms with Crippen molar-refractivity contribution in [1.82, 2.24) is 0 Å². The Morgan fingerprint density at radius 3 is 2.55 bits per heavy atom. The van der Waals surface area contributed by atoms with Crippen LogP contribution in [0.25, 0.3) is 0 Å². The second kappa shape index (κ2) is 3.97. The van der Waals surface area contributed by atoms with E-state index in [2.05, 4.69) is 6.07 Å². The van der Waals surface area contributed by atoms with E-state index in [-0.39, 0.29) is 6.42 Å². The van der Waals surface area contributed by atoms with E-state index >= 15 is 0 Å². The minimum atomic E-state index is -0.833. The van der Waals surface area contributed by atoms with Crippen molar-refractivity contribution in [2.45, 2.75) is 33.1 Å². The maximum absolute atomic E-state index is 10.2. The van der Waals surface area contributed by atoms with Crippen molar-refractivity contribution in [2.75, 3.05) is 0 Å². The van der Waals surface area contributed by atoms with Crippen LogP contribution in [0.1, 0.15) is 33.1 Å². The average molecular weight is 155 g/mol. The summed E-state index contributed by atoms with van der Waals surface area (Å²) < 4.78 is 0. The number of nitrogens with zero attached hydrogens (tertiary/aromatic N) is 1. The fraction of sp³-hybridized carbons (Fsp3) is 0.750. The Bertz CT molecular complexity index is 183. The summed E-state index contributed by atoms with van der Waals surface area (Å²) in [6.07, 6.45) is 1.23. The molecular weight excluding hydrogens is 142 g/mol. The van der Waals surface area contributed by atoms with Crippen LogP contribution in [0.4, 0.5) is 0 Å². The van der Waals surface area contributed by atoms with Gasteiger partial charge in [-0.1, -0.05) is 6.92 Å². The molecule has 11 heavy (non-hydrogen) atoms. The van der Waals surface area contributed by atoms with Gasteiger partial charge in [0.1, 0.15) is 0 Å². The van der Waals surface area contributed by atoms with Gasteiger partial charge in [-0.3, -0.25) is 4.79 Å². The molecule has 0 aromatic rings. The lowest BCUT2D eigenvalue weighted by Gasteiger charge is -2.16. The van der Waals surface area contributed by atoms with E-state index in [1.165, 1.54) is 0 Å². The second-order valence-corrected chi connectivity index (χ2v) is 2.92. The normalized spacial score (nSPS) is 15.0. The summed E-state index contributed by atoms with van der Waals surface area (Å²) in [7, 11) is 0. The topological polar surface area (TPSA) is 61.1 Å². The fourth-order valence-corrected chi connectivity index (χ4v) is 0.695. The van der Waals surface area contributed by atoms with Gasteiger partial charge in [-0.05, 0) is 19.8 Å². The summed E-state index contributed by atoms with van der Waals surface area (Å²) >= 11 is 0. The number of hydrogen-bond acceptors (Lipinski definition) is 2. The molecule has 0 spiro atoms. The first-order chi connectivity index (χ1) is 5.04. The third-order valence-electron chi connectivity index (χ3n) is 1.94. The first kappa shape index (κ1) is 9.96. The number of hydrogen-bond donors (Lipinski definition) is 1. The third kappa shape index (κ3) is 3.61. The monoisotopic (exact) mass is 155 g/mol. The molecule has 0 heterocycles. The van der Waals surface area contributed by atoms with Gasteiger partial charge in [0.25, 0.3) is 0 Å². The zero-order valence-electron chi connectivity index (χ0n) is 6.92. The molecule has 0 aliphatic heterocycles. The molecule has 0 fully saturated rings. The zero-order valence-corrected chi connectivity index (χ0v) is 6.92. The van der Waals surface area contributed by atoms with Gasteiger partial charge in [-0.15, -0.1) is 0 Å². The lowest BCUT2D eigenvalue weighted by Crippen LogP contribution is -2.14. The maximum atomic E-state index is 10.2. The van der Waals surface area contributed by atoms with E-state index in [1.807, 2.05) is 6.92 Å². The largest absolute Gasteiger partial charge is 0.481 e. The molecule has 0 rings (SSSR count). The summed E-state index contributed by atoms with van der Waals surface area (Å²) in [6.45, 7) is 3.68. The van der Waals surface area contributed by atoms with E-state index in [0.717, 1.165) is 0 Å². The molecule has 62 valence electrons. The van der Waals surface area contributed by atoms with Crippen molar-refractivity contribution in [3.8, 4) is 6.07 Å². The van der Waals surface area contributed by atoms with E-state index in [4.69, 9.17) is 10.4 Å². The van der Waals surface area contributed by atoms with Crippen molar-refractivity contribution in [3.05, 3.63) is 0 Å². The van der Waals surface area contributed by atoms with Gasteiger partial charge in [-0.2, -0.15) is 5.26 Å². The van der Waals surface area contributed by atoms with Crippen molar-refractivity contribution < 1.29 is 9.90 Å². The maximum Gasteiger partial charge on any atom is 0.303 e. The van der Waals surface area contributed by atoms with E-state index in [1.54, 1.807) is 6.92 Å². The standard InChI is InChI=1S/C8H13NO2/c1-3-8(2,6-9)5-4-7(10)11/h3-5H2,1-2H3,(H,10,11). The van der Waals surface area contributed by atoms with Crippen LogP contribution in [0.3, 0.4) is 0 Å². The first-order valence-electron chi connectivity index (χ1n) is 3.67. The summed E-state index contributed by atoms with van der Waals surface area (Å²) in [6, 6.07) is 2.12. The summed E-state index contributed by atoms with van der Waals surface area (Å²) in [5.41, 5.74) is -0.460. The number of carboxylic acids is 1. The molecule has 0 aromatic carbocycles. The molecule has 1 N–H and O–H groups in total. The Labute approximate surface area is 66.6 Å². The molecule has 0 aromatic heterocycles. The van der Waals surface area contributed by atoms with Crippen LogP contribution in [0.5, 0.6) is 0 Å². The minimum Gasteiger partial charge on any atom is -0.481 e. The number of aliphatic carboxylic acids is 1. The summed E-state index contributed by atoms with van der Waals surface area (Å²) in [5.74, 6) is -0.833. The molecule has 0 saturated heterocycles. The van der Waals surface area contributed by atoms with Gasteiger partial charge in [0.05, 0.1) is 11.5 Å². The van der Waals surface area contributed by atoms with Crippen LogP contribution in [0.2, 0.25) is 0 Å². The quantitative estimate of drug-likeness (QED) is 0.673. The van der Waals surface area contributed by atoms with E-state index < -0.39 is 11.4 Å². The van der Waals surface area contributed by atoms with Crippen molar-refractivity contribution in [2.24, 2.45) is 5.41 Å². The number of nitriles is 1. The van der Waals surface area contributed by atoms with Crippen LogP contribution in [-0.4, -0.2) is 11.1 Å². The third-order valence-corrected chi connectivity index (χ3v) is 1.94. The second-order valence-electron chi connectivity index (χ2n) is 2.92. The van der Waals surface area contributed by atoms with Crippen molar-refractivity contribution >= 4 is 5.97 Å². The van der Waals surface area contributed by atoms with Crippen LogP contribution < -0.4 is 0 Å². The predicted octanol–water partition coefficient (Wildman–Crippen LogP) is 1.79. The molecule has 0 aliphatic carbocycles. The minimum absolute atomic E-state index is 0.0812. The summed E-state index contributed by atoms with van der Waals surface area (Å²) in [5, 5.41) is 17.0. The van der Waals surface area contributed by atoms with Crippen LogP contribution in [-0.2, 0) is 4.79 Å². The van der Waals surface area contributed by atoms with Gasteiger partial charge < -0.3 is 5.11 Å². The molecule has 0 radical (unpaired) electrons. The highest BCUT2D eigenvalue weighted by molar-refractivity contribution is 5.66. The Kier molecular flexibility index (Phi) is 3.59. The molecule has 3 heteroatoms. The van der Waals surface area contributed by atoms with Crippen molar-refractivity contribution in [3.63, 3.8) is 0 Å². The highest BCUT2D eigenvalue weighted by Gasteiger charge is 2.21. The van der Waals surface area contributed by atoms with Crippen LogP contribution >= 0.6 is 0 Å². The zero-order chi connectivity index (χ0) is 8.91. The Balaban J connectivity index is 3.91. The lowest BCUT2D eigenvalue weighted by molar-refractivity contribution is -0.137. The molecule has 0 aliphatic rings. The van der Waals surface area contributed by atoms with Gasteiger partial charge in [-0.25, -0.2) is 0 Å². The van der Waals surface area contributed by atoms with Gasteiger partial charge >= 0.3 is 5.97 Å². The van der Waals surface area contributed by atoms with E-state index in [9.17, 15) is 4.79 Å². The first-order valence-corrected chi connectivity index (χ1v) is 3.67. The van der Waals surface area contributed by atoms with E-state index in [0.29, 0.717) is 12.8 Å². The van der Waals surface area contributed by atoms with Crippen LogP contribution in [0.15, 0.2) is 0 Å². The number of carboxylic acid groups (broad SMARTS) is 1. The Hall–Kier alpha value is -1.04. The smallest absolute Gasteiger partial charge is 0.303 e. The molecular formula is C8H13NO2. The average Bonchev–Trinajstić information content (AvgIpc) is 2.00. The number of rotatable bonds is 4. The van der Waals surface area contributed by atoms with Gasteiger partial charge in [0.2, 0.25) is 0 Å². The van der Waals surface area contributed by atoms with Crippen LogP contribution in [0, 0.1) is 16.7 Å². The lowest BCUT2D eigenvalue weighted by atomic mass is 9.84. The molecule has 3 nitrogen and oxygen atoms in total.